The smallest absolute Gasteiger partial charge is 0.253 e. The van der Waals surface area contributed by atoms with Crippen molar-refractivity contribution >= 4 is 17.5 Å². The number of halogens is 1. The van der Waals surface area contributed by atoms with Crippen molar-refractivity contribution in [3.8, 4) is 0 Å². The lowest BCUT2D eigenvalue weighted by Crippen LogP contribution is -2.42. The molecule has 1 heterocycles. The fraction of sp³-hybridized carbons (Fsp3) is 0.500. The largest absolute Gasteiger partial charge is 0.348 e. The first kappa shape index (κ1) is 12.2. The summed E-state index contributed by atoms with van der Waals surface area (Å²) in [5.74, 6) is -0.182. The summed E-state index contributed by atoms with van der Waals surface area (Å²) >= 11 is 6.17. The number of H-pyrrole nitrogens is 1. The third kappa shape index (κ3) is 3.09. The van der Waals surface area contributed by atoms with Crippen LogP contribution in [-0.2, 0) is 0 Å². The maximum Gasteiger partial charge on any atom is 0.253 e. The molecule has 92 valence electrons. The Hall–Kier alpha value is -1.29. The van der Waals surface area contributed by atoms with Crippen molar-refractivity contribution in [1.82, 2.24) is 10.3 Å². The van der Waals surface area contributed by atoms with E-state index in [9.17, 15) is 9.59 Å². The van der Waals surface area contributed by atoms with Gasteiger partial charge in [0.15, 0.2) is 0 Å². The van der Waals surface area contributed by atoms with Crippen LogP contribution in [0.4, 0.5) is 0 Å². The van der Waals surface area contributed by atoms with Crippen LogP contribution in [0.5, 0.6) is 0 Å². The van der Waals surface area contributed by atoms with E-state index in [4.69, 9.17) is 11.6 Å². The molecular formula is C12H15ClN2O2. The molecule has 1 aromatic rings. The molecule has 17 heavy (non-hydrogen) atoms. The van der Waals surface area contributed by atoms with E-state index in [1.54, 1.807) is 0 Å². The first-order valence-electron chi connectivity index (χ1n) is 5.80. The van der Waals surface area contributed by atoms with Crippen molar-refractivity contribution < 1.29 is 4.79 Å². The Labute approximate surface area is 104 Å². The molecule has 2 N–H and O–H groups in total. The van der Waals surface area contributed by atoms with Gasteiger partial charge in [0.25, 0.3) is 5.91 Å². The molecule has 0 spiro atoms. The fourth-order valence-electron chi connectivity index (χ4n) is 2.05. The Morgan fingerprint density at radius 1 is 1.35 bits per heavy atom. The van der Waals surface area contributed by atoms with E-state index in [2.05, 4.69) is 10.3 Å². The summed E-state index contributed by atoms with van der Waals surface area (Å²) in [5, 5.41) is 2.92. The molecule has 0 bridgehead atoms. The van der Waals surface area contributed by atoms with Crippen LogP contribution >= 0.6 is 11.6 Å². The van der Waals surface area contributed by atoms with Crippen LogP contribution in [0.1, 0.15) is 36.0 Å². The van der Waals surface area contributed by atoms with Gasteiger partial charge < -0.3 is 10.3 Å². The topological polar surface area (TPSA) is 62.0 Å². The first-order valence-corrected chi connectivity index (χ1v) is 6.24. The Bertz CT molecular complexity index is 438. The molecule has 0 saturated heterocycles. The zero-order chi connectivity index (χ0) is 12.3. The van der Waals surface area contributed by atoms with Gasteiger partial charge in [-0.2, -0.15) is 0 Å². The maximum absolute atomic E-state index is 11.9. The van der Waals surface area contributed by atoms with E-state index in [-0.39, 0.29) is 22.9 Å². The molecule has 0 radical (unpaired) electrons. The zero-order valence-electron chi connectivity index (χ0n) is 9.41. The number of alkyl halides is 1. The van der Waals surface area contributed by atoms with Crippen molar-refractivity contribution in [3.63, 3.8) is 0 Å². The molecule has 0 aliphatic heterocycles. The number of rotatable bonds is 2. The van der Waals surface area contributed by atoms with Gasteiger partial charge in [0.1, 0.15) is 0 Å². The predicted molar refractivity (Wildman–Crippen MR) is 66.4 cm³/mol. The number of amides is 1. The quantitative estimate of drug-likeness (QED) is 0.789. The molecule has 1 fully saturated rings. The van der Waals surface area contributed by atoms with Crippen molar-refractivity contribution in [1.29, 1.82) is 0 Å². The summed E-state index contributed by atoms with van der Waals surface area (Å²) in [4.78, 5) is 25.2. The highest BCUT2D eigenvalue weighted by atomic mass is 35.5. The molecule has 4 nitrogen and oxygen atoms in total. The SMILES string of the molecule is O=C(NC1CCCCC1Cl)c1ccc(=O)[nH]c1. The summed E-state index contributed by atoms with van der Waals surface area (Å²) in [6.45, 7) is 0. The van der Waals surface area contributed by atoms with Gasteiger partial charge in [-0.25, -0.2) is 0 Å². The summed E-state index contributed by atoms with van der Waals surface area (Å²) in [6.07, 6.45) is 5.50. The lowest BCUT2D eigenvalue weighted by Gasteiger charge is -2.27. The van der Waals surface area contributed by atoms with E-state index in [0.29, 0.717) is 5.56 Å². The first-order chi connectivity index (χ1) is 8.16. The van der Waals surface area contributed by atoms with Gasteiger partial charge in [0, 0.05) is 18.3 Å². The number of hydrogen-bond acceptors (Lipinski definition) is 2. The van der Waals surface area contributed by atoms with Crippen molar-refractivity contribution in [2.24, 2.45) is 0 Å². The van der Waals surface area contributed by atoms with Gasteiger partial charge in [-0.05, 0) is 18.9 Å². The third-order valence-corrected chi connectivity index (χ3v) is 3.57. The summed E-state index contributed by atoms with van der Waals surface area (Å²) < 4.78 is 0. The molecule has 1 aliphatic rings. The van der Waals surface area contributed by atoms with E-state index >= 15 is 0 Å². The third-order valence-electron chi connectivity index (χ3n) is 3.04. The number of carbonyl (C=O) groups excluding carboxylic acids is 1. The van der Waals surface area contributed by atoms with Gasteiger partial charge in [-0.15, -0.1) is 11.6 Å². The molecule has 1 aliphatic carbocycles. The van der Waals surface area contributed by atoms with Gasteiger partial charge in [-0.3, -0.25) is 9.59 Å². The monoisotopic (exact) mass is 254 g/mol. The Morgan fingerprint density at radius 3 is 2.76 bits per heavy atom. The van der Waals surface area contributed by atoms with Gasteiger partial charge >= 0.3 is 0 Å². The van der Waals surface area contributed by atoms with Crippen LogP contribution in [0.2, 0.25) is 0 Å². The van der Waals surface area contributed by atoms with Gasteiger partial charge in [-0.1, -0.05) is 12.8 Å². The molecule has 1 amide bonds. The number of aromatic amines is 1. The molecule has 2 atom stereocenters. The lowest BCUT2D eigenvalue weighted by molar-refractivity contribution is 0.0928. The van der Waals surface area contributed by atoms with E-state index < -0.39 is 0 Å². The van der Waals surface area contributed by atoms with Gasteiger partial charge in [0.05, 0.1) is 10.9 Å². The van der Waals surface area contributed by atoms with Crippen LogP contribution in [0.25, 0.3) is 0 Å². The van der Waals surface area contributed by atoms with E-state index in [1.807, 2.05) is 0 Å². The van der Waals surface area contributed by atoms with Gasteiger partial charge in [0.2, 0.25) is 5.56 Å². The summed E-state index contributed by atoms with van der Waals surface area (Å²) in [5.41, 5.74) is 0.244. The Kier molecular flexibility index (Phi) is 3.84. The minimum absolute atomic E-state index is 0.00969. The molecular weight excluding hydrogens is 240 g/mol. The van der Waals surface area contributed by atoms with Crippen LogP contribution < -0.4 is 10.9 Å². The molecule has 2 unspecified atom stereocenters. The molecule has 5 heteroatoms. The lowest BCUT2D eigenvalue weighted by atomic mass is 9.95. The molecule has 1 aromatic heterocycles. The average Bonchev–Trinajstić information content (AvgIpc) is 2.33. The van der Waals surface area contributed by atoms with Crippen LogP contribution in [0, 0.1) is 0 Å². The van der Waals surface area contributed by atoms with Crippen LogP contribution in [0.15, 0.2) is 23.1 Å². The number of carbonyl (C=O) groups is 1. The molecule has 1 saturated carbocycles. The van der Waals surface area contributed by atoms with Crippen LogP contribution in [-0.4, -0.2) is 22.3 Å². The number of pyridine rings is 1. The second kappa shape index (κ2) is 5.36. The van der Waals surface area contributed by atoms with E-state index in [0.717, 1.165) is 25.7 Å². The fourth-order valence-corrected chi connectivity index (χ4v) is 2.40. The van der Waals surface area contributed by atoms with Crippen molar-refractivity contribution in [2.45, 2.75) is 37.1 Å². The maximum atomic E-state index is 11.9. The number of aromatic nitrogens is 1. The predicted octanol–water partition coefficient (Wildman–Crippen LogP) is 1.65. The zero-order valence-corrected chi connectivity index (χ0v) is 10.2. The number of hydrogen-bond donors (Lipinski definition) is 2. The molecule has 0 aromatic carbocycles. The van der Waals surface area contributed by atoms with E-state index in [1.165, 1.54) is 18.3 Å². The van der Waals surface area contributed by atoms with Crippen molar-refractivity contribution in [3.05, 3.63) is 34.2 Å². The summed E-state index contributed by atoms with van der Waals surface area (Å²) in [6, 6.07) is 2.89. The normalized spacial score (nSPS) is 24.3. The van der Waals surface area contributed by atoms with Crippen molar-refractivity contribution in [2.75, 3.05) is 0 Å². The highest BCUT2D eigenvalue weighted by Crippen LogP contribution is 2.23. The standard InChI is InChI=1S/C12H15ClN2O2/c13-9-3-1-2-4-10(9)15-12(17)8-5-6-11(16)14-7-8/h5-7,9-10H,1-4H2,(H,14,16)(H,15,17). The van der Waals surface area contributed by atoms with Crippen LogP contribution in [0.3, 0.4) is 0 Å². The Morgan fingerprint density at radius 2 is 2.12 bits per heavy atom. The average molecular weight is 255 g/mol. The second-order valence-electron chi connectivity index (χ2n) is 4.32. The summed E-state index contributed by atoms with van der Waals surface area (Å²) in [7, 11) is 0. The minimum Gasteiger partial charge on any atom is -0.348 e. The molecule has 2 rings (SSSR count). The minimum atomic E-state index is -0.213. The second-order valence-corrected chi connectivity index (χ2v) is 4.88. The highest BCUT2D eigenvalue weighted by molar-refractivity contribution is 6.21. The highest BCUT2D eigenvalue weighted by Gasteiger charge is 2.24. The number of nitrogens with one attached hydrogen (secondary N) is 2. The Balaban J connectivity index is 2.01.